The van der Waals surface area contributed by atoms with Crippen molar-refractivity contribution in [1.82, 2.24) is 9.80 Å². The summed E-state index contributed by atoms with van der Waals surface area (Å²) in [6.07, 6.45) is 1.73. The number of amides is 1. The number of carbonyl (C=O) groups is 1. The van der Waals surface area contributed by atoms with Gasteiger partial charge in [0.2, 0.25) is 0 Å². The minimum absolute atomic E-state index is 0.0436. The van der Waals surface area contributed by atoms with Gasteiger partial charge in [-0.15, -0.1) is 0 Å². The predicted octanol–water partition coefficient (Wildman–Crippen LogP) is 5.45. The van der Waals surface area contributed by atoms with Crippen molar-refractivity contribution in [1.29, 1.82) is 0 Å². The molecule has 2 aliphatic rings. The maximum Gasteiger partial charge on any atom is 0.254 e. The molecule has 0 spiro atoms. The van der Waals surface area contributed by atoms with E-state index in [1.807, 2.05) is 18.2 Å². The summed E-state index contributed by atoms with van der Waals surface area (Å²) in [5, 5.41) is 10.6. The second-order valence-electron chi connectivity index (χ2n) is 10.1. The number of benzene rings is 2. The fraction of sp³-hybridized carbons (Fsp3) is 0.536. The molecule has 2 aromatic rings. The number of hydrogen-bond acceptors (Lipinski definition) is 3. The molecule has 1 aliphatic heterocycles. The molecule has 2 unspecified atom stereocenters. The van der Waals surface area contributed by atoms with E-state index in [0.717, 1.165) is 43.7 Å². The van der Waals surface area contributed by atoms with Crippen LogP contribution in [0.15, 0.2) is 42.5 Å². The first-order valence-electron chi connectivity index (χ1n) is 12.2. The molecule has 1 heterocycles. The Balaban J connectivity index is 1.64. The molecule has 172 valence electrons. The minimum Gasteiger partial charge on any atom is -0.508 e. The molecule has 0 radical (unpaired) electrons. The number of likely N-dealkylation sites (tertiary alicyclic amines) is 1. The van der Waals surface area contributed by atoms with Crippen LogP contribution in [0, 0.1) is 11.3 Å². The summed E-state index contributed by atoms with van der Waals surface area (Å²) in [4.78, 5) is 18.2. The van der Waals surface area contributed by atoms with E-state index in [9.17, 15) is 9.90 Å². The zero-order valence-corrected chi connectivity index (χ0v) is 20.3. The largest absolute Gasteiger partial charge is 0.508 e. The van der Waals surface area contributed by atoms with Gasteiger partial charge in [0.05, 0.1) is 0 Å². The fourth-order valence-corrected chi connectivity index (χ4v) is 6.24. The average molecular weight is 435 g/mol. The smallest absolute Gasteiger partial charge is 0.254 e. The Bertz CT molecular complexity index is 962. The van der Waals surface area contributed by atoms with E-state index >= 15 is 0 Å². The first kappa shape index (κ1) is 22.8. The molecule has 4 nitrogen and oxygen atoms in total. The number of carbonyl (C=O) groups excluding carboxylic acids is 1. The molecule has 2 bridgehead atoms. The zero-order valence-electron chi connectivity index (χ0n) is 20.3. The van der Waals surface area contributed by atoms with Crippen molar-refractivity contribution in [3.63, 3.8) is 0 Å². The molecule has 1 amide bonds. The first-order valence-corrected chi connectivity index (χ1v) is 12.2. The number of phenols is 1. The van der Waals surface area contributed by atoms with E-state index in [1.54, 1.807) is 6.07 Å². The minimum atomic E-state index is -0.0436. The first-order chi connectivity index (χ1) is 15.3. The van der Waals surface area contributed by atoms with Gasteiger partial charge in [0.15, 0.2) is 0 Å². The fourth-order valence-electron chi connectivity index (χ4n) is 6.24. The quantitative estimate of drug-likeness (QED) is 0.657. The lowest BCUT2D eigenvalue weighted by molar-refractivity contribution is -0.0179. The van der Waals surface area contributed by atoms with Gasteiger partial charge in [-0.2, -0.15) is 0 Å². The molecular formula is C28H38N2O2. The Labute approximate surface area is 193 Å². The van der Waals surface area contributed by atoms with Gasteiger partial charge in [-0.05, 0) is 71.7 Å². The number of aromatic hydroxyl groups is 1. The molecule has 1 N–H and O–H groups in total. The highest BCUT2D eigenvalue weighted by Crippen LogP contribution is 2.56. The lowest BCUT2D eigenvalue weighted by Gasteiger charge is -2.58. The average Bonchev–Trinajstić information content (AvgIpc) is 2.78. The monoisotopic (exact) mass is 434 g/mol. The molecule has 4 heteroatoms. The van der Waals surface area contributed by atoms with Crippen LogP contribution in [0.3, 0.4) is 0 Å². The van der Waals surface area contributed by atoms with Gasteiger partial charge < -0.3 is 10.0 Å². The van der Waals surface area contributed by atoms with Gasteiger partial charge in [-0.3, -0.25) is 9.69 Å². The Morgan fingerprint density at radius 2 is 1.78 bits per heavy atom. The highest BCUT2D eigenvalue weighted by atomic mass is 16.3. The lowest BCUT2D eigenvalue weighted by atomic mass is 9.55. The molecule has 2 aromatic carbocycles. The molecule has 4 rings (SSSR count). The van der Waals surface area contributed by atoms with Gasteiger partial charge in [0.1, 0.15) is 5.75 Å². The third kappa shape index (κ3) is 3.83. The van der Waals surface area contributed by atoms with Gasteiger partial charge in [-0.25, -0.2) is 0 Å². The number of piperidine rings is 1. The number of phenolic OH excluding ortho intramolecular Hbond substituents is 1. The summed E-state index contributed by atoms with van der Waals surface area (Å²) >= 11 is 0. The van der Waals surface area contributed by atoms with E-state index < -0.39 is 0 Å². The molecular weight excluding hydrogens is 396 g/mol. The topological polar surface area (TPSA) is 43.8 Å². The van der Waals surface area contributed by atoms with Crippen LogP contribution in [-0.2, 0) is 13.0 Å². The van der Waals surface area contributed by atoms with E-state index in [0.29, 0.717) is 24.0 Å². The van der Waals surface area contributed by atoms with Gasteiger partial charge in [0.25, 0.3) is 5.91 Å². The van der Waals surface area contributed by atoms with Crippen LogP contribution in [0.5, 0.6) is 5.75 Å². The summed E-state index contributed by atoms with van der Waals surface area (Å²) in [7, 11) is 0. The Kier molecular flexibility index (Phi) is 6.35. The van der Waals surface area contributed by atoms with Crippen LogP contribution in [0.4, 0.5) is 0 Å². The van der Waals surface area contributed by atoms with Gasteiger partial charge in [-0.1, -0.05) is 65.3 Å². The Morgan fingerprint density at radius 3 is 2.41 bits per heavy atom. The van der Waals surface area contributed by atoms with Crippen LogP contribution < -0.4 is 0 Å². The molecule has 0 saturated carbocycles. The number of hydrogen-bond donors (Lipinski definition) is 1. The standard InChI is InChI=1S/C28H38N2O2/c1-6-20-18-30(27(32)21-14-12-19(13-15-21)17-29(7-2)8-3)25-16-23-22(10-9-11-24(23)31)26(20)28(25,4)5/h9-15,20,25-26,31H,6-8,16-18H2,1-5H3/t20?,25-,26?/m1/s1. The lowest BCUT2D eigenvalue weighted by Crippen LogP contribution is -2.61. The van der Waals surface area contributed by atoms with Gasteiger partial charge >= 0.3 is 0 Å². The molecule has 3 atom stereocenters. The van der Waals surface area contributed by atoms with Crippen LogP contribution in [0.25, 0.3) is 0 Å². The maximum absolute atomic E-state index is 13.7. The molecule has 32 heavy (non-hydrogen) atoms. The zero-order chi connectivity index (χ0) is 23.0. The Hall–Kier alpha value is -2.33. The van der Waals surface area contributed by atoms with E-state index in [-0.39, 0.29) is 17.4 Å². The molecule has 1 fully saturated rings. The highest BCUT2D eigenvalue weighted by Gasteiger charge is 2.53. The predicted molar refractivity (Wildman–Crippen MR) is 130 cm³/mol. The second kappa shape index (κ2) is 8.90. The molecule has 1 aliphatic carbocycles. The van der Waals surface area contributed by atoms with Crippen LogP contribution in [0.1, 0.15) is 74.0 Å². The molecule has 1 saturated heterocycles. The second-order valence-corrected chi connectivity index (χ2v) is 10.1. The third-order valence-corrected chi connectivity index (χ3v) is 8.15. The summed E-state index contributed by atoms with van der Waals surface area (Å²) in [6.45, 7) is 14.9. The van der Waals surface area contributed by atoms with Crippen molar-refractivity contribution in [2.45, 2.75) is 66.0 Å². The Morgan fingerprint density at radius 1 is 1.09 bits per heavy atom. The SMILES string of the molecule is CCC1CN(C(=O)c2ccc(CN(CC)CC)cc2)[C@@H]2Cc3c(O)cccc3C1C2(C)C. The maximum atomic E-state index is 13.7. The number of fused-ring (bicyclic) bond motifs is 4. The normalized spacial score (nSPS) is 23.8. The summed E-state index contributed by atoms with van der Waals surface area (Å²) in [5.41, 5.74) is 4.28. The van der Waals surface area contributed by atoms with Crippen molar-refractivity contribution in [2.75, 3.05) is 19.6 Å². The summed E-state index contributed by atoms with van der Waals surface area (Å²) in [6, 6.07) is 14.2. The molecule has 0 aromatic heterocycles. The van der Waals surface area contributed by atoms with Crippen molar-refractivity contribution in [2.24, 2.45) is 11.3 Å². The number of rotatable bonds is 6. The third-order valence-electron chi connectivity index (χ3n) is 8.15. The van der Waals surface area contributed by atoms with E-state index in [4.69, 9.17) is 0 Å². The number of nitrogens with zero attached hydrogens (tertiary/aromatic N) is 2. The summed E-state index contributed by atoms with van der Waals surface area (Å²) in [5.74, 6) is 1.23. The summed E-state index contributed by atoms with van der Waals surface area (Å²) < 4.78 is 0. The van der Waals surface area contributed by atoms with Crippen molar-refractivity contribution in [3.8, 4) is 5.75 Å². The van der Waals surface area contributed by atoms with Crippen LogP contribution in [-0.4, -0.2) is 46.5 Å². The van der Waals surface area contributed by atoms with Gasteiger partial charge in [0, 0.05) is 24.7 Å². The van der Waals surface area contributed by atoms with Crippen molar-refractivity contribution < 1.29 is 9.90 Å². The van der Waals surface area contributed by atoms with Crippen LogP contribution >= 0.6 is 0 Å². The van der Waals surface area contributed by atoms with Crippen molar-refractivity contribution >= 4 is 5.91 Å². The van der Waals surface area contributed by atoms with E-state index in [2.05, 4.69) is 62.6 Å². The van der Waals surface area contributed by atoms with E-state index in [1.165, 1.54) is 11.1 Å². The van der Waals surface area contributed by atoms with Crippen LogP contribution in [0.2, 0.25) is 0 Å². The van der Waals surface area contributed by atoms with Crippen molar-refractivity contribution in [3.05, 3.63) is 64.7 Å². The highest BCUT2D eigenvalue weighted by molar-refractivity contribution is 5.94.